The Balaban J connectivity index is 2.41. The number of anilines is 1. The van der Waals surface area contributed by atoms with E-state index in [4.69, 9.17) is 5.73 Å². The van der Waals surface area contributed by atoms with Crippen molar-refractivity contribution in [3.05, 3.63) is 36.3 Å². The highest BCUT2D eigenvalue weighted by Crippen LogP contribution is 2.26. The molecule has 0 atom stereocenters. The molecule has 2 rings (SSSR count). The molecule has 1 aromatic heterocycles. The van der Waals surface area contributed by atoms with Crippen LogP contribution in [0.3, 0.4) is 0 Å². The van der Waals surface area contributed by atoms with Gasteiger partial charge in [-0.05, 0) is 17.7 Å². The van der Waals surface area contributed by atoms with Crippen molar-refractivity contribution in [3.63, 3.8) is 0 Å². The average molecular weight is 194 g/mol. The number of hydrogen-bond donors (Lipinski definition) is 1. The van der Waals surface area contributed by atoms with Gasteiger partial charge in [0, 0.05) is 6.20 Å². The molecule has 0 aliphatic carbocycles. The predicted octanol–water partition coefficient (Wildman–Crippen LogP) is 2.53. The second-order valence-electron chi connectivity index (χ2n) is 2.57. The van der Waals surface area contributed by atoms with Gasteiger partial charge < -0.3 is 5.73 Å². The van der Waals surface area contributed by atoms with Crippen LogP contribution in [0, 0.1) is 5.82 Å². The van der Waals surface area contributed by atoms with Crippen LogP contribution in [0.25, 0.3) is 10.4 Å². The van der Waals surface area contributed by atoms with E-state index >= 15 is 0 Å². The van der Waals surface area contributed by atoms with Crippen LogP contribution in [0.15, 0.2) is 30.5 Å². The first-order valence-electron chi connectivity index (χ1n) is 3.73. The van der Waals surface area contributed by atoms with Gasteiger partial charge in [-0.15, -0.1) is 0 Å². The molecule has 13 heavy (non-hydrogen) atoms. The monoisotopic (exact) mass is 194 g/mol. The summed E-state index contributed by atoms with van der Waals surface area (Å²) in [5, 5.41) is 0.527. The van der Waals surface area contributed by atoms with E-state index in [1.54, 1.807) is 18.3 Å². The second-order valence-corrected chi connectivity index (χ2v) is 3.63. The fourth-order valence-electron chi connectivity index (χ4n) is 1.04. The van der Waals surface area contributed by atoms with Gasteiger partial charge in [0.05, 0.1) is 4.88 Å². The summed E-state index contributed by atoms with van der Waals surface area (Å²) in [6.45, 7) is 0. The third kappa shape index (κ3) is 1.67. The van der Waals surface area contributed by atoms with Crippen LogP contribution in [0.4, 0.5) is 9.52 Å². The van der Waals surface area contributed by atoms with E-state index < -0.39 is 0 Å². The Morgan fingerprint density at radius 3 is 2.46 bits per heavy atom. The topological polar surface area (TPSA) is 38.9 Å². The SMILES string of the molecule is Nc1ncc(-c2ccc(F)cc2)s1. The Labute approximate surface area is 78.9 Å². The van der Waals surface area contributed by atoms with E-state index in [0.29, 0.717) is 5.13 Å². The van der Waals surface area contributed by atoms with Crippen LogP contribution in [0.5, 0.6) is 0 Å². The smallest absolute Gasteiger partial charge is 0.180 e. The van der Waals surface area contributed by atoms with Gasteiger partial charge in [0.25, 0.3) is 0 Å². The predicted molar refractivity (Wildman–Crippen MR) is 51.9 cm³/mol. The van der Waals surface area contributed by atoms with Crippen molar-refractivity contribution in [2.75, 3.05) is 5.73 Å². The van der Waals surface area contributed by atoms with Gasteiger partial charge in [-0.25, -0.2) is 9.37 Å². The second kappa shape index (κ2) is 3.14. The molecule has 0 radical (unpaired) electrons. The number of aromatic nitrogens is 1. The number of nitrogens with two attached hydrogens (primary N) is 1. The highest BCUT2D eigenvalue weighted by atomic mass is 32.1. The lowest BCUT2D eigenvalue weighted by Crippen LogP contribution is -1.77. The maximum atomic E-state index is 12.6. The van der Waals surface area contributed by atoms with E-state index in [1.807, 2.05) is 0 Å². The molecule has 0 aliphatic rings. The molecular weight excluding hydrogens is 187 g/mol. The maximum Gasteiger partial charge on any atom is 0.180 e. The molecule has 0 saturated heterocycles. The Morgan fingerprint density at radius 1 is 1.23 bits per heavy atom. The minimum atomic E-state index is -0.235. The zero-order valence-electron chi connectivity index (χ0n) is 6.70. The molecular formula is C9H7FN2S. The van der Waals surface area contributed by atoms with E-state index in [1.165, 1.54) is 23.5 Å². The molecule has 0 fully saturated rings. The number of rotatable bonds is 1. The molecule has 0 unspecified atom stereocenters. The summed E-state index contributed by atoms with van der Waals surface area (Å²) in [6, 6.07) is 6.26. The van der Waals surface area contributed by atoms with Crippen LogP contribution >= 0.6 is 11.3 Å². The van der Waals surface area contributed by atoms with E-state index in [-0.39, 0.29) is 5.82 Å². The molecule has 66 valence electrons. The molecule has 2 N–H and O–H groups in total. The van der Waals surface area contributed by atoms with Crippen molar-refractivity contribution in [2.24, 2.45) is 0 Å². The van der Waals surface area contributed by atoms with Gasteiger partial charge in [0.15, 0.2) is 5.13 Å². The van der Waals surface area contributed by atoms with Crippen molar-refractivity contribution in [3.8, 4) is 10.4 Å². The summed E-state index contributed by atoms with van der Waals surface area (Å²) >= 11 is 1.39. The first-order chi connectivity index (χ1) is 6.25. The Kier molecular flexibility index (Phi) is 1.98. The summed E-state index contributed by atoms with van der Waals surface area (Å²) in [5.74, 6) is -0.235. The van der Waals surface area contributed by atoms with Gasteiger partial charge in [-0.3, -0.25) is 0 Å². The molecule has 2 aromatic rings. The van der Waals surface area contributed by atoms with Crippen molar-refractivity contribution in [1.29, 1.82) is 0 Å². The van der Waals surface area contributed by atoms with E-state index in [0.717, 1.165) is 10.4 Å². The van der Waals surface area contributed by atoms with E-state index in [9.17, 15) is 4.39 Å². The Bertz CT molecular complexity index is 408. The molecule has 0 spiro atoms. The lowest BCUT2D eigenvalue weighted by atomic mass is 10.2. The molecule has 2 nitrogen and oxygen atoms in total. The maximum absolute atomic E-state index is 12.6. The number of thiazole rings is 1. The Morgan fingerprint density at radius 2 is 1.92 bits per heavy atom. The number of hydrogen-bond acceptors (Lipinski definition) is 3. The lowest BCUT2D eigenvalue weighted by Gasteiger charge is -1.94. The van der Waals surface area contributed by atoms with Crippen LogP contribution in [0.1, 0.15) is 0 Å². The first-order valence-corrected chi connectivity index (χ1v) is 4.54. The summed E-state index contributed by atoms with van der Waals surface area (Å²) < 4.78 is 12.6. The molecule has 0 amide bonds. The van der Waals surface area contributed by atoms with Gasteiger partial charge in [0.2, 0.25) is 0 Å². The van der Waals surface area contributed by atoms with Gasteiger partial charge in [-0.2, -0.15) is 0 Å². The van der Waals surface area contributed by atoms with Crippen molar-refractivity contribution >= 4 is 16.5 Å². The number of halogens is 1. The third-order valence-corrected chi connectivity index (χ3v) is 2.53. The lowest BCUT2D eigenvalue weighted by molar-refractivity contribution is 0.628. The van der Waals surface area contributed by atoms with Crippen molar-refractivity contribution in [1.82, 2.24) is 4.98 Å². The Hall–Kier alpha value is -1.42. The molecule has 1 aromatic carbocycles. The minimum Gasteiger partial charge on any atom is -0.375 e. The van der Waals surface area contributed by atoms with Crippen molar-refractivity contribution < 1.29 is 4.39 Å². The van der Waals surface area contributed by atoms with Crippen LogP contribution < -0.4 is 5.73 Å². The molecule has 1 heterocycles. The number of nitrogen functional groups attached to an aromatic ring is 1. The summed E-state index contributed by atoms with van der Waals surface area (Å²) in [4.78, 5) is 4.87. The molecule has 4 heteroatoms. The molecule has 0 aliphatic heterocycles. The largest absolute Gasteiger partial charge is 0.375 e. The normalized spacial score (nSPS) is 10.2. The first kappa shape index (κ1) is 8.19. The van der Waals surface area contributed by atoms with Gasteiger partial charge in [-0.1, -0.05) is 23.5 Å². The quantitative estimate of drug-likeness (QED) is 0.757. The average Bonchev–Trinajstić information content (AvgIpc) is 2.53. The zero-order valence-corrected chi connectivity index (χ0v) is 7.51. The third-order valence-electron chi connectivity index (χ3n) is 1.65. The fraction of sp³-hybridized carbons (Fsp3) is 0. The van der Waals surface area contributed by atoms with Crippen LogP contribution in [-0.4, -0.2) is 4.98 Å². The highest BCUT2D eigenvalue weighted by molar-refractivity contribution is 7.18. The van der Waals surface area contributed by atoms with Crippen LogP contribution in [0.2, 0.25) is 0 Å². The minimum absolute atomic E-state index is 0.235. The molecule has 0 bridgehead atoms. The zero-order chi connectivity index (χ0) is 9.26. The number of nitrogens with zero attached hydrogens (tertiary/aromatic N) is 1. The van der Waals surface area contributed by atoms with Crippen molar-refractivity contribution in [2.45, 2.75) is 0 Å². The van der Waals surface area contributed by atoms with Crippen LogP contribution in [-0.2, 0) is 0 Å². The summed E-state index contributed by atoms with van der Waals surface area (Å²) in [5.41, 5.74) is 6.42. The van der Waals surface area contributed by atoms with Gasteiger partial charge >= 0.3 is 0 Å². The van der Waals surface area contributed by atoms with Gasteiger partial charge in [0.1, 0.15) is 5.82 Å². The fourth-order valence-corrected chi connectivity index (χ4v) is 1.73. The van der Waals surface area contributed by atoms with E-state index in [2.05, 4.69) is 4.98 Å². The highest BCUT2D eigenvalue weighted by Gasteiger charge is 2.01. The standard InChI is InChI=1S/C9H7FN2S/c10-7-3-1-6(2-4-7)8-5-12-9(11)13-8/h1-5H,(H2,11,12). The number of benzene rings is 1. The molecule has 0 saturated carbocycles. The summed E-state index contributed by atoms with van der Waals surface area (Å²) in [6.07, 6.45) is 1.69. The summed E-state index contributed by atoms with van der Waals surface area (Å²) in [7, 11) is 0.